The van der Waals surface area contributed by atoms with Crippen LogP contribution in [0.3, 0.4) is 0 Å². The topological polar surface area (TPSA) is 64.3 Å². The zero-order valence-electron chi connectivity index (χ0n) is 7.02. The molecule has 4 nitrogen and oxygen atoms in total. The van der Waals surface area contributed by atoms with Gasteiger partial charge in [0.25, 0.3) is 0 Å². The molecule has 0 saturated carbocycles. The summed E-state index contributed by atoms with van der Waals surface area (Å²) in [7, 11) is 0. The molecule has 0 aliphatic carbocycles. The van der Waals surface area contributed by atoms with Crippen molar-refractivity contribution in [2.45, 2.75) is 13.1 Å². The van der Waals surface area contributed by atoms with Gasteiger partial charge in [0.15, 0.2) is 6.61 Å². The Kier molecular flexibility index (Phi) is 4.71. The van der Waals surface area contributed by atoms with Gasteiger partial charge in [-0.2, -0.15) is 13.2 Å². The number of hydrogen-bond acceptors (Lipinski definition) is 3. The van der Waals surface area contributed by atoms with E-state index in [1.165, 1.54) is 6.92 Å². The number of rotatable bonds is 5. The smallest absolute Gasteiger partial charge is 0.369 e. The highest BCUT2D eigenvalue weighted by Crippen LogP contribution is 2.13. The van der Waals surface area contributed by atoms with Gasteiger partial charge in [0.2, 0.25) is 5.91 Å². The molecule has 0 saturated heterocycles. The zero-order valence-corrected chi connectivity index (χ0v) is 7.02. The molecule has 78 valence electrons. The fourth-order valence-electron chi connectivity index (χ4n) is 0.417. The first-order valence-corrected chi connectivity index (χ1v) is 3.53. The molecule has 0 aliphatic rings. The van der Waals surface area contributed by atoms with Crippen LogP contribution in [0, 0.1) is 5.92 Å². The number of carbonyl (C=O) groups is 1. The maximum absolute atomic E-state index is 11.5. The van der Waals surface area contributed by atoms with Crippen molar-refractivity contribution in [3.05, 3.63) is 0 Å². The summed E-state index contributed by atoms with van der Waals surface area (Å²) in [6, 6.07) is 0. The SMILES string of the molecule is CC(CNOCC(F)(F)F)C(N)=O. The van der Waals surface area contributed by atoms with Crippen LogP contribution in [-0.4, -0.2) is 25.2 Å². The molecule has 0 bridgehead atoms. The van der Waals surface area contributed by atoms with Crippen LogP contribution in [0.15, 0.2) is 0 Å². The van der Waals surface area contributed by atoms with Crippen molar-refractivity contribution >= 4 is 5.91 Å². The van der Waals surface area contributed by atoms with Gasteiger partial charge in [0.1, 0.15) is 0 Å². The molecule has 1 amide bonds. The van der Waals surface area contributed by atoms with E-state index in [-0.39, 0.29) is 6.54 Å². The van der Waals surface area contributed by atoms with Gasteiger partial charge in [0, 0.05) is 12.5 Å². The van der Waals surface area contributed by atoms with E-state index >= 15 is 0 Å². The Labute approximate surface area is 73.2 Å². The van der Waals surface area contributed by atoms with Crippen molar-refractivity contribution in [1.29, 1.82) is 0 Å². The molecular weight excluding hydrogens is 189 g/mol. The number of nitrogens with two attached hydrogens (primary N) is 1. The molecule has 0 fully saturated rings. The molecule has 0 aromatic carbocycles. The summed E-state index contributed by atoms with van der Waals surface area (Å²) >= 11 is 0. The van der Waals surface area contributed by atoms with Crippen molar-refractivity contribution < 1.29 is 22.8 Å². The molecule has 13 heavy (non-hydrogen) atoms. The zero-order chi connectivity index (χ0) is 10.5. The van der Waals surface area contributed by atoms with Crippen LogP contribution in [0.4, 0.5) is 13.2 Å². The van der Waals surface area contributed by atoms with E-state index in [4.69, 9.17) is 5.73 Å². The summed E-state index contributed by atoms with van der Waals surface area (Å²) in [4.78, 5) is 14.4. The lowest BCUT2D eigenvalue weighted by Gasteiger charge is -2.10. The standard InChI is InChI=1S/C6H11F3N2O2/c1-4(5(10)12)2-11-13-3-6(7,8)9/h4,11H,2-3H2,1H3,(H2,10,12). The third kappa shape index (κ3) is 7.54. The van der Waals surface area contributed by atoms with Gasteiger partial charge < -0.3 is 5.73 Å². The Bertz CT molecular complexity index is 172. The molecule has 0 heterocycles. The van der Waals surface area contributed by atoms with Crippen molar-refractivity contribution in [1.82, 2.24) is 5.48 Å². The molecule has 1 atom stereocenters. The van der Waals surface area contributed by atoms with Crippen molar-refractivity contribution in [3.8, 4) is 0 Å². The summed E-state index contributed by atoms with van der Waals surface area (Å²) in [6.07, 6.45) is -4.37. The monoisotopic (exact) mass is 200 g/mol. The minimum Gasteiger partial charge on any atom is -0.369 e. The number of carbonyl (C=O) groups excluding carboxylic acids is 1. The van der Waals surface area contributed by atoms with Gasteiger partial charge in [-0.1, -0.05) is 6.92 Å². The first kappa shape index (κ1) is 12.2. The number of amides is 1. The molecule has 0 aromatic rings. The van der Waals surface area contributed by atoms with E-state index < -0.39 is 24.6 Å². The first-order valence-electron chi connectivity index (χ1n) is 3.53. The van der Waals surface area contributed by atoms with Crippen molar-refractivity contribution in [2.75, 3.05) is 13.2 Å². The lowest BCUT2D eigenvalue weighted by atomic mass is 10.2. The average Bonchev–Trinajstić information content (AvgIpc) is 1.95. The molecule has 0 aromatic heterocycles. The molecule has 0 rings (SSSR count). The van der Waals surface area contributed by atoms with Crippen LogP contribution < -0.4 is 11.2 Å². The van der Waals surface area contributed by atoms with E-state index in [1.54, 1.807) is 0 Å². The number of halogens is 3. The lowest BCUT2D eigenvalue weighted by Crippen LogP contribution is -2.33. The van der Waals surface area contributed by atoms with E-state index in [2.05, 4.69) is 4.84 Å². The molecule has 0 aliphatic heterocycles. The third-order valence-corrected chi connectivity index (χ3v) is 1.21. The lowest BCUT2D eigenvalue weighted by molar-refractivity contribution is -0.190. The second-order valence-corrected chi connectivity index (χ2v) is 2.56. The maximum atomic E-state index is 11.5. The highest BCUT2D eigenvalue weighted by Gasteiger charge is 2.27. The van der Waals surface area contributed by atoms with Gasteiger partial charge in [-0.15, -0.1) is 0 Å². The van der Waals surface area contributed by atoms with Gasteiger partial charge in [0.05, 0.1) is 0 Å². The molecule has 1 unspecified atom stereocenters. The van der Waals surface area contributed by atoms with Crippen LogP contribution in [0.2, 0.25) is 0 Å². The molecule has 3 N–H and O–H groups in total. The Balaban J connectivity index is 3.41. The number of hydrogen-bond donors (Lipinski definition) is 2. The summed E-state index contributed by atoms with van der Waals surface area (Å²) < 4.78 is 34.4. The highest BCUT2D eigenvalue weighted by atomic mass is 19.4. The minimum absolute atomic E-state index is 0.0363. The summed E-state index contributed by atoms with van der Waals surface area (Å²) in [5.41, 5.74) is 6.85. The second-order valence-electron chi connectivity index (χ2n) is 2.56. The normalized spacial score (nSPS) is 14.2. The fourth-order valence-corrected chi connectivity index (χ4v) is 0.417. The maximum Gasteiger partial charge on any atom is 0.413 e. The number of primary amides is 1. The average molecular weight is 200 g/mol. The minimum atomic E-state index is -4.37. The Morgan fingerprint density at radius 2 is 2.15 bits per heavy atom. The third-order valence-electron chi connectivity index (χ3n) is 1.21. The Morgan fingerprint density at radius 1 is 1.62 bits per heavy atom. The van der Waals surface area contributed by atoms with Crippen LogP contribution >= 0.6 is 0 Å². The van der Waals surface area contributed by atoms with Crippen LogP contribution in [0.25, 0.3) is 0 Å². The predicted octanol–water partition coefficient (Wildman–Crippen LogP) is 0.191. The van der Waals surface area contributed by atoms with Gasteiger partial charge in [-0.25, -0.2) is 5.48 Å². The van der Waals surface area contributed by atoms with Crippen molar-refractivity contribution in [2.24, 2.45) is 11.7 Å². The van der Waals surface area contributed by atoms with Crippen molar-refractivity contribution in [3.63, 3.8) is 0 Å². The van der Waals surface area contributed by atoms with E-state index in [0.29, 0.717) is 0 Å². The Morgan fingerprint density at radius 3 is 2.54 bits per heavy atom. The first-order chi connectivity index (χ1) is 5.83. The number of alkyl halides is 3. The van der Waals surface area contributed by atoms with Crippen LogP contribution in [0.1, 0.15) is 6.92 Å². The summed E-state index contributed by atoms with van der Waals surface area (Å²) in [5.74, 6) is -1.16. The van der Waals surface area contributed by atoms with Gasteiger partial charge >= 0.3 is 6.18 Å². The summed E-state index contributed by atoms with van der Waals surface area (Å²) in [5, 5.41) is 0. The second kappa shape index (κ2) is 5.03. The quantitative estimate of drug-likeness (QED) is 0.492. The predicted molar refractivity (Wildman–Crippen MR) is 38.4 cm³/mol. The van der Waals surface area contributed by atoms with E-state index in [0.717, 1.165) is 0 Å². The molecule has 7 heteroatoms. The van der Waals surface area contributed by atoms with Gasteiger partial charge in [-0.3, -0.25) is 9.63 Å². The van der Waals surface area contributed by atoms with E-state index in [1.807, 2.05) is 5.48 Å². The molecular formula is C6H11F3N2O2. The number of nitrogens with one attached hydrogen (secondary N) is 1. The fraction of sp³-hybridized carbons (Fsp3) is 0.833. The van der Waals surface area contributed by atoms with Crippen LogP contribution in [0.5, 0.6) is 0 Å². The summed E-state index contributed by atoms with van der Waals surface area (Å²) in [6.45, 7) is 0.0518. The van der Waals surface area contributed by atoms with Crippen LogP contribution in [-0.2, 0) is 9.63 Å². The highest BCUT2D eigenvalue weighted by molar-refractivity contribution is 5.76. The molecule has 0 spiro atoms. The number of hydroxylamine groups is 1. The largest absolute Gasteiger partial charge is 0.413 e. The van der Waals surface area contributed by atoms with Gasteiger partial charge in [-0.05, 0) is 0 Å². The Hall–Kier alpha value is -0.820. The molecule has 0 radical (unpaired) electrons. The van der Waals surface area contributed by atoms with E-state index in [9.17, 15) is 18.0 Å².